The molecule has 2 aromatic rings. The van der Waals surface area contributed by atoms with Gasteiger partial charge in [0.1, 0.15) is 11.9 Å². The Morgan fingerprint density at radius 1 is 1.22 bits per heavy atom. The van der Waals surface area contributed by atoms with E-state index in [4.69, 9.17) is 5.26 Å². The van der Waals surface area contributed by atoms with E-state index in [9.17, 15) is 4.39 Å². The Morgan fingerprint density at radius 2 is 2.00 bits per heavy atom. The van der Waals surface area contributed by atoms with Crippen molar-refractivity contribution in [3.8, 4) is 6.07 Å². The molecule has 0 radical (unpaired) electrons. The molecule has 0 aliphatic heterocycles. The molecule has 0 aliphatic rings. The van der Waals surface area contributed by atoms with Crippen molar-refractivity contribution in [1.82, 2.24) is 0 Å². The van der Waals surface area contributed by atoms with Crippen LogP contribution in [0.4, 0.5) is 15.8 Å². The van der Waals surface area contributed by atoms with Crippen LogP contribution in [-0.4, -0.2) is 0 Å². The molecule has 2 rings (SSSR count). The van der Waals surface area contributed by atoms with Crippen LogP contribution in [0, 0.1) is 24.1 Å². The van der Waals surface area contributed by atoms with E-state index < -0.39 is 5.82 Å². The number of nitrogens with zero attached hydrogens (tertiary/aromatic N) is 1. The summed E-state index contributed by atoms with van der Waals surface area (Å²) < 4.78 is 14.4. The summed E-state index contributed by atoms with van der Waals surface area (Å²) in [6.07, 6.45) is 0. The van der Waals surface area contributed by atoms with Crippen molar-refractivity contribution in [1.29, 1.82) is 5.26 Å². The van der Waals surface area contributed by atoms with Gasteiger partial charge in [-0.25, -0.2) is 4.39 Å². The Labute approximate surface area is 113 Å². The van der Waals surface area contributed by atoms with Gasteiger partial charge in [0.2, 0.25) is 0 Å². The second-order valence-electron chi connectivity index (χ2n) is 3.89. The van der Waals surface area contributed by atoms with Crippen LogP contribution < -0.4 is 5.32 Å². The first-order valence-electron chi connectivity index (χ1n) is 5.33. The number of anilines is 2. The van der Waals surface area contributed by atoms with Gasteiger partial charge >= 0.3 is 0 Å². The first kappa shape index (κ1) is 12.6. The van der Waals surface area contributed by atoms with Crippen molar-refractivity contribution >= 4 is 27.3 Å². The molecule has 0 bridgehead atoms. The van der Waals surface area contributed by atoms with Gasteiger partial charge in [0, 0.05) is 15.8 Å². The van der Waals surface area contributed by atoms with Crippen LogP contribution in [0.25, 0.3) is 0 Å². The van der Waals surface area contributed by atoms with Gasteiger partial charge in [-0.05, 0) is 42.8 Å². The lowest BCUT2D eigenvalue weighted by Crippen LogP contribution is -1.94. The highest BCUT2D eigenvalue weighted by molar-refractivity contribution is 9.10. The molecule has 0 atom stereocenters. The number of aryl methyl sites for hydroxylation is 1. The van der Waals surface area contributed by atoms with Gasteiger partial charge in [-0.3, -0.25) is 0 Å². The zero-order chi connectivity index (χ0) is 13.1. The first-order valence-corrected chi connectivity index (χ1v) is 6.12. The van der Waals surface area contributed by atoms with E-state index >= 15 is 0 Å². The monoisotopic (exact) mass is 304 g/mol. The highest BCUT2D eigenvalue weighted by Crippen LogP contribution is 2.25. The zero-order valence-electron chi connectivity index (χ0n) is 9.67. The molecule has 0 aromatic heterocycles. The van der Waals surface area contributed by atoms with Gasteiger partial charge in [-0.1, -0.05) is 22.0 Å². The third-order valence-corrected chi connectivity index (χ3v) is 3.06. The zero-order valence-corrected chi connectivity index (χ0v) is 11.3. The minimum atomic E-state index is -0.518. The number of hydrogen-bond donors (Lipinski definition) is 1. The van der Waals surface area contributed by atoms with Crippen molar-refractivity contribution in [2.75, 3.05) is 5.32 Å². The number of nitrogens with one attached hydrogen (secondary N) is 1. The van der Waals surface area contributed by atoms with E-state index in [-0.39, 0.29) is 5.56 Å². The quantitative estimate of drug-likeness (QED) is 0.886. The van der Waals surface area contributed by atoms with Crippen LogP contribution >= 0.6 is 15.9 Å². The Balaban J connectivity index is 2.32. The summed E-state index contributed by atoms with van der Waals surface area (Å²) in [5.74, 6) is -0.518. The maximum atomic E-state index is 13.5. The van der Waals surface area contributed by atoms with E-state index in [2.05, 4.69) is 21.2 Å². The molecule has 18 heavy (non-hydrogen) atoms. The third kappa shape index (κ3) is 2.69. The fourth-order valence-corrected chi connectivity index (χ4v) is 1.93. The normalized spacial score (nSPS) is 9.89. The Kier molecular flexibility index (Phi) is 3.63. The van der Waals surface area contributed by atoms with Gasteiger partial charge in [-0.2, -0.15) is 5.26 Å². The van der Waals surface area contributed by atoms with Gasteiger partial charge in [0.15, 0.2) is 0 Å². The predicted octanol–water partition coefficient (Wildman–Crippen LogP) is 4.51. The van der Waals surface area contributed by atoms with Gasteiger partial charge in [0.25, 0.3) is 0 Å². The van der Waals surface area contributed by atoms with E-state index in [1.54, 1.807) is 12.1 Å². The second kappa shape index (κ2) is 5.19. The molecule has 0 saturated carbocycles. The van der Waals surface area contributed by atoms with E-state index in [1.165, 1.54) is 12.1 Å². The molecule has 0 heterocycles. The highest BCUT2D eigenvalue weighted by atomic mass is 79.9. The Morgan fingerprint density at radius 3 is 2.67 bits per heavy atom. The predicted molar refractivity (Wildman–Crippen MR) is 73.3 cm³/mol. The first-order chi connectivity index (χ1) is 8.60. The van der Waals surface area contributed by atoms with E-state index in [0.29, 0.717) is 5.69 Å². The number of benzene rings is 2. The molecule has 2 nitrogen and oxygen atoms in total. The lowest BCUT2D eigenvalue weighted by Gasteiger charge is -2.10. The Bertz CT molecular complexity index is 632. The summed E-state index contributed by atoms with van der Waals surface area (Å²) >= 11 is 3.39. The van der Waals surface area contributed by atoms with Crippen LogP contribution in [0.1, 0.15) is 11.1 Å². The van der Waals surface area contributed by atoms with Crippen molar-refractivity contribution in [2.45, 2.75) is 6.92 Å². The topological polar surface area (TPSA) is 35.8 Å². The molecule has 0 unspecified atom stereocenters. The molecule has 0 amide bonds. The number of rotatable bonds is 2. The highest BCUT2D eigenvalue weighted by Gasteiger charge is 2.04. The van der Waals surface area contributed by atoms with Gasteiger partial charge < -0.3 is 5.32 Å². The summed E-state index contributed by atoms with van der Waals surface area (Å²) in [7, 11) is 0. The van der Waals surface area contributed by atoms with Crippen molar-refractivity contribution in [3.63, 3.8) is 0 Å². The SMILES string of the molecule is Cc1ccc(Br)cc1Nc1ccc(C#N)c(F)c1. The average Bonchev–Trinajstić information content (AvgIpc) is 2.34. The molecule has 0 aliphatic carbocycles. The molecule has 0 saturated heterocycles. The lowest BCUT2D eigenvalue weighted by atomic mass is 10.1. The number of halogens is 2. The second-order valence-corrected chi connectivity index (χ2v) is 4.81. The summed E-state index contributed by atoms with van der Waals surface area (Å²) in [5.41, 5.74) is 2.62. The van der Waals surface area contributed by atoms with Gasteiger partial charge in [0.05, 0.1) is 5.56 Å². The fraction of sp³-hybridized carbons (Fsp3) is 0.0714. The minimum Gasteiger partial charge on any atom is -0.355 e. The summed E-state index contributed by atoms with van der Waals surface area (Å²) in [6.45, 7) is 1.97. The van der Waals surface area contributed by atoms with E-state index in [0.717, 1.165) is 15.7 Å². The molecule has 1 N–H and O–H groups in total. The van der Waals surface area contributed by atoms with Gasteiger partial charge in [-0.15, -0.1) is 0 Å². The van der Waals surface area contributed by atoms with Crippen LogP contribution in [0.2, 0.25) is 0 Å². The molecular weight excluding hydrogens is 295 g/mol. The van der Waals surface area contributed by atoms with Crippen LogP contribution in [-0.2, 0) is 0 Å². The smallest absolute Gasteiger partial charge is 0.143 e. The molecule has 4 heteroatoms. The molecule has 0 spiro atoms. The molecule has 0 fully saturated rings. The van der Waals surface area contributed by atoms with E-state index in [1.807, 2.05) is 25.1 Å². The van der Waals surface area contributed by atoms with Crippen LogP contribution in [0.15, 0.2) is 40.9 Å². The average molecular weight is 305 g/mol. The largest absolute Gasteiger partial charge is 0.355 e. The van der Waals surface area contributed by atoms with Crippen molar-refractivity contribution < 1.29 is 4.39 Å². The number of hydrogen-bond acceptors (Lipinski definition) is 2. The fourth-order valence-electron chi connectivity index (χ4n) is 1.57. The van der Waals surface area contributed by atoms with Crippen molar-refractivity contribution in [2.24, 2.45) is 0 Å². The third-order valence-electron chi connectivity index (χ3n) is 2.57. The Hall–Kier alpha value is -1.86. The maximum Gasteiger partial charge on any atom is 0.143 e. The summed E-state index contributed by atoms with van der Waals surface area (Å²) in [4.78, 5) is 0. The maximum absolute atomic E-state index is 13.5. The van der Waals surface area contributed by atoms with Crippen LogP contribution in [0.5, 0.6) is 0 Å². The molecular formula is C14H10BrFN2. The summed E-state index contributed by atoms with van der Waals surface area (Å²) in [6, 6.07) is 12.1. The standard InChI is InChI=1S/C14H10BrFN2/c1-9-2-4-11(15)6-14(9)18-12-5-3-10(8-17)13(16)7-12/h2-7,18H,1H3. The molecule has 2 aromatic carbocycles. The molecule has 90 valence electrons. The van der Waals surface area contributed by atoms with Crippen LogP contribution in [0.3, 0.4) is 0 Å². The van der Waals surface area contributed by atoms with Crippen molar-refractivity contribution in [3.05, 3.63) is 57.8 Å². The summed E-state index contributed by atoms with van der Waals surface area (Å²) in [5, 5.41) is 11.8. The lowest BCUT2D eigenvalue weighted by molar-refractivity contribution is 0.624. The minimum absolute atomic E-state index is 0.0477. The number of nitriles is 1.